The van der Waals surface area contributed by atoms with Crippen molar-refractivity contribution in [3.8, 4) is 11.3 Å². The highest BCUT2D eigenvalue weighted by atomic mass is 127. The Morgan fingerprint density at radius 3 is 2.69 bits per heavy atom. The van der Waals surface area contributed by atoms with E-state index in [9.17, 15) is 13.2 Å². The molecule has 1 saturated heterocycles. The van der Waals surface area contributed by atoms with E-state index in [0.717, 1.165) is 5.56 Å². The summed E-state index contributed by atoms with van der Waals surface area (Å²) in [7, 11) is 1.62. The molecule has 2 N–H and O–H groups in total. The number of nitrogens with zero attached hydrogens (tertiary/aromatic N) is 3. The van der Waals surface area contributed by atoms with Crippen LogP contribution in [-0.4, -0.2) is 54.7 Å². The Morgan fingerprint density at radius 2 is 2.03 bits per heavy atom. The van der Waals surface area contributed by atoms with Crippen molar-refractivity contribution in [3.63, 3.8) is 0 Å². The molecule has 1 atom stereocenters. The highest BCUT2D eigenvalue weighted by molar-refractivity contribution is 14.0. The van der Waals surface area contributed by atoms with Gasteiger partial charge in [0.25, 0.3) is 0 Å². The van der Waals surface area contributed by atoms with Gasteiger partial charge in [-0.15, -0.1) is 24.0 Å². The molecule has 1 fully saturated rings. The number of halogens is 4. The minimum absolute atomic E-state index is 0. The van der Waals surface area contributed by atoms with E-state index in [-0.39, 0.29) is 30.0 Å². The highest BCUT2D eigenvalue weighted by Crippen LogP contribution is 2.21. The molecule has 3 rings (SSSR count). The van der Waals surface area contributed by atoms with Gasteiger partial charge < -0.3 is 15.1 Å². The maximum atomic E-state index is 12.5. The molecule has 10 heteroatoms. The molecule has 0 amide bonds. The number of aryl methyl sites for hydroxylation is 1. The Kier molecular flexibility index (Phi) is 8.32. The lowest BCUT2D eigenvalue weighted by Gasteiger charge is -2.19. The quantitative estimate of drug-likeness (QED) is 0.357. The fourth-order valence-corrected chi connectivity index (χ4v) is 3.14. The third-order valence-electron chi connectivity index (χ3n) is 4.54. The molecule has 1 aromatic carbocycles. The number of alkyl halides is 3. The first-order valence-electron chi connectivity index (χ1n) is 9.10. The van der Waals surface area contributed by atoms with E-state index < -0.39 is 12.7 Å². The molecule has 0 bridgehead atoms. The monoisotopic (exact) mass is 523 g/mol. The van der Waals surface area contributed by atoms with Crippen LogP contribution < -0.4 is 10.6 Å². The summed E-state index contributed by atoms with van der Waals surface area (Å²) in [4.78, 5) is 9.78. The molecular weight excluding hydrogens is 498 g/mol. The summed E-state index contributed by atoms with van der Waals surface area (Å²) in [6, 6.07) is 7.87. The summed E-state index contributed by atoms with van der Waals surface area (Å²) in [5.74, 6) is 1.69. The van der Waals surface area contributed by atoms with Gasteiger partial charge in [0, 0.05) is 31.7 Å². The molecule has 2 heterocycles. The lowest BCUT2D eigenvalue weighted by Crippen LogP contribution is -2.44. The normalized spacial score (nSPS) is 17.8. The van der Waals surface area contributed by atoms with Gasteiger partial charge in [-0.1, -0.05) is 29.8 Å². The van der Waals surface area contributed by atoms with Crippen LogP contribution in [0.3, 0.4) is 0 Å². The number of likely N-dealkylation sites (tertiary alicyclic amines) is 1. The average molecular weight is 523 g/mol. The number of hydrogen-bond acceptors (Lipinski definition) is 4. The van der Waals surface area contributed by atoms with Crippen molar-refractivity contribution >= 4 is 29.9 Å². The van der Waals surface area contributed by atoms with E-state index in [1.165, 1.54) is 10.5 Å². The number of nitrogens with one attached hydrogen (secondary N) is 2. The van der Waals surface area contributed by atoms with Crippen molar-refractivity contribution in [2.24, 2.45) is 4.99 Å². The first-order chi connectivity index (χ1) is 13.3. The van der Waals surface area contributed by atoms with Gasteiger partial charge in [0.1, 0.15) is 0 Å². The number of rotatable bonds is 5. The van der Waals surface area contributed by atoms with Crippen molar-refractivity contribution in [2.45, 2.75) is 32.1 Å². The Balaban J connectivity index is 0.00000300. The number of guanidine groups is 1. The van der Waals surface area contributed by atoms with Gasteiger partial charge in [0.05, 0.1) is 19.3 Å². The van der Waals surface area contributed by atoms with Gasteiger partial charge in [0.15, 0.2) is 11.7 Å². The molecule has 29 heavy (non-hydrogen) atoms. The van der Waals surface area contributed by atoms with Gasteiger partial charge in [0.2, 0.25) is 5.89 Å². The molecular formula is C19H25F3IN5O. The van der Waals surface area contributed by atoms with E-state index in [0.29, 0.717) is 43.7 Å². The maximum Gasteiger partial charge on any atom is 0.401 e. The Morgan fingerprint density at radius 1 is 1.31 bits per heavy atom. The zero-order chi connectivity index (χ0) is 20.1. The Bertz CT molecular complexity index is 807. The first-order valence-corrected chi connectivity index (χ1v) is 9.10. The van der Waals surface area contributed by atoms with Gasteiger partial charge in [-0.25, -0.2) is 4.98 Å². The fourth-order valence-electron chi connectivity index (χ4n) is 3.14. The summed E-state index contributed by atoms with van der Waals surface area (Å²) in [6.45, 7) is 2.20. The maximum absolute atomic E-state index is 12.5. The second-order valence-electron chi connectivity index (χ2n) is 6.89. The molecule has 0 saturated carbocycles. The highest BCUT2D eigenvalue weighted by Gasteiger charge is 2.34. The zero-order valence-electron chi connectivity index (χ0n) is 16.3. The SMILES string of the molecule is CN=C(NCc1ncc(-c2ccc(C)cc2)o1)NC1CCN(CC(F)(F)F)C1.I. The fraction of sp³-hybridized carbons (Fsp3) is 0.474. The van der Waals surface area contributed by atoms with E-state index in [1.807, 2.05) is 31.2 Å². The first kappa shape index (κ1) is 23.5. The van der Waals surface area contributed by atoms with Gasteiger partial charge >= 0.3 is 6.18 Å². The summed E-state index contributed by atoms with van der Waals surface area (Å²) in [5.41, 5.74) is 2.11. The minimum atomic E-state index is -4.17. The van der Waals surface area contributed by atoms with E-state index in [2.05, 4.69) is 20.6 Å². The predicted molar refractivity (Wildman–Crippen MR) is 116 cm³/mol. The van der Waals surface area contributed by atoms with E-state index >= 15 is 0 Å². The topological polar surface area (TPSA) is 65.7 Å². The lowest BCUT2D eigenvalue weighted by atomic mass is 10.1. The van der Waals surface area contributed by atoms with E-state index in [1.54, 1.807) is 13.2 Å². The van der Waals surface area contributed by atoms with E-state index in [4.69, 9.17) is 4.42 Å². The van der Waals surface area contributed by atoms with Crippen LogP contribution in [0.5, 0.6) is 0 Å². The number of oxazole rings is 1. The standard InChI is InChI=1S/C19H24F3N5O.HI/c1-13-3-5-14(6-4-13)16-9-24-17(28-16)10-25-18(23-2)26-15-7-8-27(11-15)12-19(20,21)22;/h3-6,9,15H,7-8,10-12H2,1-2H3,(H2,23,25,26);1H. The minimum Gasteiger partial charge on any atom is -0.439 e. The smallest absolute Gasteiger partial charge is 0.401 e. The van der Waals surface area contributed by atoms with Crippen molar-refractivity contribution < 1.29 is 17.6 Å². The molecule has 6 nitrogen and oxygen atoms in total. The van der Waals surface area contributed by atoms with Crippen LogP contribution in [0.25, 0.3) is 11.3 Å². The third kappa shape index (κ3) is 7.18. The van der Waals surface area contributed by atoms with Crippen molar-refractivity contribution in [2.75, 3.05) is 26.7 Å². The van der Waals surface area contributed by atoms with Crippen molar-refractivity contribution in [3.05, 3.63) is 41.9 Å². The van der Waals surface area contributed by atoms with Crippen LogP contribution in [0.2, 0.25) is 0 Å². The number of hydrogen-bond donors (Lipinski definition) is 2. The molecule has 1 aliphatic heterocycles. The Hall–Kier alpha value is -1.82. The van der Waals surface area contributed by atoms with Crippen LogP contribution in [0, 0.1) is 6.92 Å². The average Bonchev–Trinajstić information content (AvgIpc) is 3.27. The Labute approximate surface area is 185 Å². The van der Waals surface area contributed by atoms with Crippen molar-refractivity contribution in [1.29, 1.82) is 0 Å². The third-order valence-corrected chi connectivity index (χ3v) is 4.54. The molecule has 1 aliphatic rings. The summed E-state index contributed by atoms with van der Waals surface area (Å²) in [6.07, 6.45) is -1.87. The second-order valence-corrected chi connectivity index (χ2v) is 6.89. The molecule has 0 spiro atoms. The molecule has 0 aliphatic carbocycles. The largest absolute Gasteiger partial charge is 0.439 e. The van der Waals surface area contributed by atoms with Crippen LogP contribution in [0.15, 0.2) is 39.9 Å². The summed E-state index contributed by atoms with van der Waals surface area (Å²) >= 11 is 0. The zero-order valence-corrected chi connectivity index (χ0v) is 18.6. The van der Waals surface area contributed by atoms with Crippen LogP contribution in [0.1, 0.15) is 17.9 Å². The second kappa shape index (κ2) is 10.3. The van der Waals surface area contributed by atoms with Gasteiger partial charge in [-0.2, -0.15) is 13.2 Å². The molecule has 0 radical (unpaired) electrons. The lowest BCUT2D eigenvalue weighted by molar-refractivity contribution is -0.143. The molecule has 160 valence electrons. The molecule has 1 aromatic heterocycles. The molecule has 2 aromatic rings. The van der Waals surface area contributed by atoms with Crippen LogP contribution in [-0.2, 0) is 6.54 Å². The summed E-state index contributed by atoms with van der Waals surface area (Å²) < 4.78 is 43.3. The predicted octanol–water partition coefficient (Wildman–Crippen LogP) is 3.57. The van der Waals surface area contributed by atoms with Crippen LogP contribution >= 0.6 is 24.0 Å². The number of aliphatic imine (C=N–C) groups is 1. The number of aromatic nitrogens is 1. The van der Waals surface area contributed by atoms with Gasteiger partial charge in [-0.05, 0) is 13.3 Å². The summed E-state index contributed by atoms with van der Waals surface area (Å²) in [5, 5.41) is 6.25. The number of benzene rings is 1. The van der Waals surface area contributed by atoms with Gasteiger partial charge in [-0.3, -0.25) is 9.89 Å². The van der Waals surface area contributed by atoms with Crippen LogP contribution in [0.4, 0.5) is 13.2 Å². The van der Waals surface area contributed by atoms with Crippen molar-refractivity contribution in [1.82, 2.24) is 20.5 Å². The molecule has 1 unspecified atom stereocenters.